The highest BCUT2D eigenvalue weighted by Gasteiger charge is 2.29. The van der Waals surface area contributed by atoms with Gasteiger partial charge in [0.1, 0.15) is 0 Å². The lowest BCUT2D eigenvalue weighted by molar-refractivity contribution is -0.108. The van der Waals surface area contributed by atoms with Crippen LogP contribution >= 0.6 is 0 Å². The van der Waals surface area contributed by atoms with Crippen LogP contribution in [0.1, 0.15) is 30.7 Å². The Bertz CT molecular complexity index is 1100. The summed E-state index contributed by atoms with van der Waals surface area (Å²) in [6, 6.07) is 16.9. The molecule has 1 N–H and O–H groups in total. The van der Waals surface area contributed by atoms with Crippen molar-refractivity contribution in [3.05, 3.63) is 60.3 Å². The van der Waals surface area contributed by atoms with Gasteiger partial charge in [0.15, 0.2) is 0 Å². The van der Waals surface area contributed by atoms with Gasteiger partial charge in [-0.3, -0.25) is 0 Å². The average molecular weight is 442 g/mol. The van der Waals surface area contributed by atoms with Gasteiger partial charge in [-0.2, -0.15) is 5.06 Å². The normalized spacial score (nSPS) is 16.4. The molecule has 2 heterocycles. The number of hydrogen-bond donors (Lipinski definition) is 1. The van der Waals surface area contributed by atoms with Gasteiger partial charge in [-0.15, -0.1) is 0 Å². The van der Waals surface area contributed by atoms with Crippen LogP contribution in [0.25, 0.3) is 22.0 Å². The molecule has 1 aliphatic rings. The minimum Gasteiger partial charge on any atom is -0.361 e. The first-order valence-corrected chi connectivity index (χ1v) is 12.5. The quantitative estimate of drug-likeness (QED) is 0.532. The second kappa shape index (κ2) is 9.53. The Labute approximate surface area is 184 Å². The van der Waals surface area contributed by atoms with Crippen LogP contribution in [0.4, 0.5) is 0 Å². The molecule has 1 fully saturated rings. The first kappa shape index (κ1) is 22.0. The van der Waals surface area contributed by atoms with Gasteiger partial charge < -0.3 is 9.82 Å². The van der Waals surface area contributed by atoms with Crippen LogP contribution in [0.3, 0.4) is 0 Å². The number of hydroxylamine groups is 2. The number of aromatic amines is 1. The summed E-state index contributed by atoms with van der Waals surface area (Å²) in [4.78, 5) is 8.46. The molecule has 4 rings (SSSR count). The van der Waals surface area contributed by atoms with Crippen molar-refractivity contribution in [1.29, 1.82) is 0 Å². The highest BCUT2D eigenvalue weighted by molar-refractivity contribution is 7.89. The maximum Gasteiger partial charge on any atom is 0.214 e. The molecular weight excluding hydrogens is 410 g/mol. The molecule has 1 saturated heterocycles. The lowest BCUT2D eigenvalue weighted by atomic mass is 9.89. The number of nitrogens with one attached hydrogen (secondary N) is 1. The number of rotatable bonds is 8. The van der Waals surface area contributed by atoms with Crippen molar-refractivity contribution in [3.8, 4) is 11.1 Å². The van der Waals surface area contributed by atoms with E-state index in [0.29, 0.717) is 32.0 Å². The molecule has 2 aromatic carbocycles. The van der Waals surface area contributed by atoms with Crippen molar-refractivity contribution < 1.29 is 13.3 Å². The van der Waals surface area contributed by atoms with Gasteiger partial charge in [-0.1, -0.05) is 36.4 Å². The number of sulfonamides is 1. The van der Waals surface area contributed by atoms with E-state index in [1.807, 2.05) is 13.1 Å². The molecule has 0 atom stereocenters. The van der Waals surface area contributed by atoms with Crippen molar-refractivity contribution in [2.75, 3.05) is 39.5 Å². The third-order valence-corrected chi connectivity index (χ3v) is 8.25. The molecule has 7 heteroatoms. The average Bonchev–Trinajstić information content (AvgIpc) is 3.23. The zero-order chi connectivity index (χ0) is 21.8. The zero-order valence-corrected chi connectivity index (χ0v) is 19.1. The van der Waals surface area contributed by atoms with E-state index < -0.39 is 10.0 Å². The maximum absolute atomic E-state index is 12.7. The van der Waals surface area contributed by atoms with E-state index >= 15 is 0 Å². The molecule has 0 saturated carbocycles. The SMILES string of the molecule is CON(C)CCCS(=O)(=O)N1CCC(c2c[nH]c3ccc(-c4ccccc4)cc23)CC1. The zero-order valence-electron chi connectivity index (χ0n) is 18.3. The summed E-state index contributed by atoms with van der Waals surface area (Å²) in [6.07, 6.45) is 4.37. The largest absolute Gasteiger partial charge is 0.361 e. The van der Waals surface area contributed by atoms with Gasteiger partial charge in [-0.25, -0.2) is 12.7 Å². The van der Waals surface area contributed by atoms with E-state index in [0.717, 1.165) is 18.4 Å². The molecule has 0 amide bonds. The van der Waals surface area contributed by atoms with E-state index in [9.17, 15) is 8.42 Å². The van der Waals surface area contributed by atoms with E-state index in [1.54, 1.807) is 16.5 Å². The number of fused-ring (bicyclic) bond motifs is 1. The van der Waals surface area contributed by atoms with Gasteiger partial charge in [0.25, 0.3) is 0 Å². The number of nitrogens with zero attached hydrogens (tertiary/aromatic N) is 2. The Hall–Kier alpha value is -2.19. The van der Waals surface area contributed by atoms with Crippen LogP contribution in [-0.4, -0.2) is 62.3 Å². The van der Waals surface area contributed by atoms with Gasteiger partial charge in [0.05, 0.1) is 12.9 Å². The number of hydrogen-bond acceptors (Lipinski definition) is 4. The molecule has 3 aromatic rings. The fraction of sp³-hybridized carbons (Fsp3) is 0.417. The Balaban J connectivity index is 1.44. The van der Waals surface area contributed by atoms with Crippen molar-refractivity contribution >= 4 is 20.9 Å². The highest BCUT2D eigenvalue weighted by atomic mass is 32.2. The topological polar surface area (TPSA) is 65.6 Å². The third-order valence-electron chi connectivity index (χ3n) is 6.29. The van der Waals surface area contributed by atoms with Gasteiger partial charge in [0.2, 0.25) is 10.0 Å². The smallest absolute Gasteiger partial charge is 0.214 e. The fourth-order valence-electron chi connectivity index (χ4n) is 4.43. The van der Waals surface area contributed by atoms with Crippen LogP contribution in [0.2, 0.25) is 0 Å². The molecular formula is C24H31N3O3S. The monoisotopic (exact) mass is 441 g/mol. The summed E-state index contributed by atoms with van der Waals surface area (Å²) in [6.45, 7) is 1.77. The summed E-state index contributed by atoms with van der Waals surface area (Å²) in [5.41, 5.74) is 4.84. The molecule has 1 aliphatic heterocycles. The molecule has 0 unspecified atom stereocenters. The number of piperidine rings is 1. The van der Waals surface area contributed by atoms with Crippen LogP contribution in [-0.2, 0) is 14.9 Å². The molecule has 31 heavy (non-hydrogen) atoms. The van der Waals surface area contributed by atoms with Crippen molar-refractivity contribution in [3.63, 3.8) is 0 Å². The Morgan fingerprint density at radius 3 is 2.55 bits per heavy atom. The van der Waals surface area contributed by atoms with Gasteiger partial charge in [0, 0.05) is 43.8 Å². The van der Waals surface area contributed by atoms with Crippen molar-refractivity contribution in [1.82, 2.24) is 14.4 Å². The summed E-state index contributed by atoms with van der Waals surface area (Å²) in [5, 5.41) is 2.90. The number of aromatic nitrogens is 1. The van der Waals surface area contributed by atoms with Crippen LogP contribution in [0.15, 0.2) is 54.7 Å². The molecule has 0 spiro atoms. The van der Waals surface area contributed by atoms with Crippen LogP contribution < -0.4 is 0 Å². The molecule has 6 nitrogen and oxygen atoms in total. The van der Waals surface area contributed by atoms with Gasteiger partial charge >= 0.3 is 0 Å². The van der Waals surface area contributed by atoms with E-state index in [1.165, 1.54) is 22.1 Å². The molecule has 0 aliphatic carbocycles. The summed E-state index contributed by atoms with van der Waals surface area (Å²) < 4.78 is 27.1. The van der Waals surface area contributed by atoms with E-state index in [-0.39, 0.29) is 5.75 Å². The molecule has 0 bridgehead atoms. The molecule has 1 aromatic heterocycles. The highest BCUT2D eigenvalue weighted by Crippen LogP contribution is 2.35. The minimum atomic E-state index is -3.22. The Morgan fingerprint density at radius 1 is 1.10 bits per heavy atom. The summed E-state index contributed by atoms with van der Waals surface area (Å²) >= 11 is 0. The lowest BCUT2D eigenvalue weighted by Gasteiger charge is -2.31. The minimum absolute atomic E-state index is 0.166. The first-order chi connectivity index (χ1) is 15.0. The standard InChI is InChI=1S/C24H31N3O3S/c1-26(30-2)13-6-16-31(28,29)27-14-11-20(12-15-27)23-18-25-24-10-9-21(17-22(23)24)19-7-4-3-5-8-19/h3-5,7-10,17-18,20,25H,6,11-16H2,1-2H3. The van der Waals surface area contributed by atoms with E-state index in [4.69, 9.17) is 4.84 Å². The molecule has 0 radical (unpaired) electrons. The van der Waals surface area contributed by atoms with E-state index in [2.05, 4.69) is 53.6 Å². The van der Waals surface area contributed by atoms with Gasteiger partial charge in [-0.05, 0) is 54.0 Å². The summed E-state index contributed by atoms with van der Waals surface area (Å²) in [7, 11) is 0.177. The Kier molecular flexibility index (Phi) is 6.77. The van der Waals surface area contributed by atoms with Crippen molar-refractivity contribution in [2.24, 2.45) is 0 Å². The number of H-pyrrole nitrogens is 1. The van der Waals surface area contributed by atoms with Crippen LogP contribution in [0.5, 0.6) is 0 Å². The van der Waals surface area contributed by atoms with Crippen molar-refractivity contribution in [2.45, 2.75) is 25.2 Å². The molecule has 166 valence electrons. The predicted molar refractivity (Wildman–Crippen MR) is 125 cm³/mol. The maximum atomic E-state index is 12.7. The first-order valence-electron chi connectivity index (χ1n) is 10.9. The number of benzene rings is 2. The summed E-state index contributed by atoms with van der Waals surface area (Å²) in [5.74, 6) is 0.532. The fourth-order valence-corrected chi connectivity index (χ4v) is 5.94. The second-order valence-electron chi connectivity index (χ2n) is 8.25. The lowest BCUT2D eigenvalue weighted by Crippen LogP contribution is -2.39. The second-order valence-corrected chi connectivity index (χ2v) is 10.3. The Morgan fingerprint density at radius 2 is 1.84 bits per heavy atom. The predicted octanol–water partition coefficient (Wildman–Crippen LogP) is 4.23. The van der Waals surface area contributed by atoms with Crippen LogP contribution in [0, 0.1) is 0 Å². The third kappa shape index (κ3) is 5.01.